The summed E-state index contributed by atoms with van der Waals surface area (Å²) >= 11 is 7.82. The van der Waals surface area contributed by atoms with E-state index in [1.54, 1.807) is 18.3 Å². The number of rotatable bonds is 7. The molecule has 0 amide bonds. The van der Waals surface area contributed by atoms with Crippen LogP contribution in [0.25, 0.3) is 0 Å². The van der Waals surface area contributed by atoms with Crippen LogP contribution in [0.1, 0.15) is 37.1 Å². The van der Waals surface area contributed by atoms with Gasteiger partial charge in [0.15, 0.2) is 5.96 Å². The van der Waals surface area contributed by atoms with Crippen molar-refractivity contribution in [2.45, 2.75) is 37.7 Å². The van der Waals surface area contributed by atoms with Gasteiger partial charge in [-0.25, -0.2) is 4.99 Å². The molecular formula is C22H30ClN3O2S. The maximum atomic E-state index is 10.8. The predicted molar refractivity (Wildman–Crippen MR) is 121 cm³/mol. The average molecular weight is 436 g/mol. The van der Waals surface area contributed by atoms with Gasteiger partial charge in [-0.3, -0.25) is 0 Å². The summed E-state index contributed by atoms with van der Waals surface area (Å²) in [6, 6.07) is 12.0. The van der Waals surface area contributed by atoms with Crippen molar-refractivity contribution in [1.82, 2.24) is 10.6 Å². The SMILES string of the molecule is CCNC(=NCC(C)(O)c1cccs1)NCC1(c2cccc(Cl)c2)CCOCC1. The van der Waals surface area contributed by atoms with Gasteiger partial charge in [0.1, 0.15) is 5.60 Å². The van der Waals surface area contributed by atoms with Crippen molar-refractivity contribution < 1.29 is 9.84 Å². The number of hydrogen-bond donors (Lipinski definition) is 3. The molecule has 0 saturated carbocycles. The zero-order valence-electron chi connectivity index (χ0n) is 17.1. The number of aliphatic imine (C=N–C) groups is 1. The lowest BCUT2D eigenvalue weighted by atomic mass is 9.74. The van der Waals surface area contributed by atoms with Gasteiger partial charge in [-0.1, -0.05) is 29.8 Å². The number of ether oxygens (including phenoxy) is 1. The molecule has 1 atom stereocenters. The van der Waals surface area contributed by atoms with Crippen LogP contribution in [0.2, 0.25) is 5.02 Å². The molecule has 1 unspecified atom stereocenters. The zero-order chi connectivity index (χ0) is 20.7. The van der Waals surface area contributed by atoms with E-state index in [-0.39, 0.29) is 12.0 Å². The van der Waals surface area contributed by atoms with Gasteiger partial charge < -0.3 is 20.5 Å². The first kappa shape index (κ1) is 22.1. The molecule has 3 N–H and O–H groups in total. The topological polar surface area (TPSA) is 65.9 Å². The van der Waals surface area contributed by atoms with E-state index in [1.165, 1.54) is 5.56 Å². The summed E-state index contributed by atoms with van der Waals surface area (Å²) in [6.45, 7) is 7.07. The third kappa shape index (κ3) is 5.72. The van der Waals surface area contributed by atoms with Crippen molar-refractivity contribution >= 4 is 28.9 Å². The lowest BCUT2D eigenvalue weighted by Gasteiger charge is -2.38. The number of hydrogen-bond acceptors (Lipinski definition) is 4. The molecule has 2 aromatic rings. The fraction of sp³-hybridized carbons (Fsp3) is 0.500. The molecule has 1 saturated heterocycles. The third-order valence-corrected chi connectivity index (χ3v) is 6.78. The number of nitrogens with one attached hydrogen (secondary N) is 2. The normalized spacial score (nSPS) is 18.8. The first-order valence-electron chi connectivity index (χ1n) is 10.1. The van der Waals surface area contributed by atoms with E-state index in [2.05, 4.69) is 27.8 Å². The van der Waals surface area contributed by atoms with Gasteiger partial charge >= 0.3 is 0 Å². The highest BCUT2D eigenvalue weighted by Gasteiger charge is 2.35. The number of nitrogens with zero attached hydrogens (tertiary/aromatic N) is 1. The fourth-order valence-corrected chi connectivity index (χ4v) is 4.61. The lowest BCUT2D eigenvalue weighted by Crippen LogP contribution is -2.48. The second-order valence-electron chi connectivity index (χ2n) is 7.70. The summed E-state index contributed by atoms with van der Waals surface area (Å²) in [5.41, 5.74) is 0.178. The highest BCUT2D eigenvalue weighted by atomic mass is 35.5. The van der Waals surface area contributed by atoms with E-state index < -0.39 is 5.60 Å². The Morgan fingerprint density at radius 3 is 2.72 bits per heavy atom. The molecule has 0 radical (unpaired) electrons. The molecule has 29 heavy (non-hydrogen) atoms. The summed E-state index contributed by atoms with van der Waals surface area (Å²) in [7, 11) is 0. The van der Waals surface area contributed by atoms with Crippen LogP contribution in [0.5, 0.6) is 0 Å². The molecule has 158 valence electrons. The minimum atomic E-state index is -0.986. The van der Waals surface area contributed by atoms with Crippen LogP contribution >= 0.6 is 22.9 Å². The van der Waals surface area contributed by atoms with E-state index in [1.807, 2.05) is 36.6 Å². The molecule has 5 nitrogen and oxygen atoms in total. The lowest BCUT2D eigenvalue weighted by molar-refractivity contribution is 0.0513. The van der Waals surface area contributed by atoms with Crippen molar-refractivity contribution in [3.05, 3.63) is 57.2 Å². The van der Waals surface area contributed by atoms with Crippen molar-refractivity contribution in [2.24, 2.45) is 4.99 Å². The first-order chi connectivity index (χ1) is 14.0. The molecule has 3 rings (SSSR count). The van der Waals surface area contributed by atoms with Crippen LogP contribution in [0, 0.1) is 0 Å². The fourth-order valence-electron chi connectivity index (χ4n) is 3.64. The van der Waals surface area contributed by atoms with Crippen molar-refractivity contribution in [3.63, 3.8) is 0 Å². The van der Waals surface area contributed by atoms with Crippen molar-refractivity contribution in [2.75, 3.05) is 32.8 Å². The Kier molecular flexibility index (Phi) is 7.57. The zero-order valence-corrected chi connectivity index (χ0v) is 18.7. The van der Waals surface area contributed by atoms with Gasteiger partial charge in [0.2, 0.25) is 0 Å². The van der Waals surface area contributed by atoms with Gasteiger partial charge in [-0.2, -0.15) is 0 Å². The summed E-state index contributed by atoms with van der Waals surface area (Å²) in [4.78, 5) is 5.58. The maximum absolute atomic E-state index is 10.8. The van der Waals surface area contributed by atoms with E-state index in [0.717, 1.165) is 49.0 Å². The second kappa shape index (κ2) is 9.94. The van der Waals surface area contributed by atoms with Gasteiger partial charge in [0.25, 0.3) is 0 Å². The Morgan fingerprint density at radius 2 is 2.07 bits per heavy atom. The van der Waals surface area contributed by atoms with Crippen LogP contribution < -0.4 is 10.6 Å². The number of aliphatic hydroxyl groups is 1. The Morgan fingerprint density at radius 1 is 1.28 bits per heavy atom. The molecule has 0 aliphatic carbocycles. The maximum Gasteiger partial charge on any atom is 0.191 e. The quantitative estimate of drug-likeness (QED) is 0.455. The predicted octanol–water partition coefficient (Wildman–Crippen LogP) is 3.91. The highest BCUT2D eigenvalue weighted by molar-refractivity contribution is 7.10. The molecule has 1 aromatic carbocycles. The molecule has 2 heterocycles. The Labute approximate surface area is 182 Å². The Balaban J connectivity index is 1.75. The molecule has 1 aliphatic rings. The van der Waals surface area contributed by atoms with Gasteiger partial charge in [0, 0.05) is 41.6 Å². The van der Waals surface area contributed by atoms with Crippen LogP contribution in [0.15, 0.2) is 46.8 Å². The molecule has 1 aromatic heterocycles. The minimum Gasteiger partial charge on any atom is -0.383 e. The summed E-state index contributed by atoms with van der Waals surface area (Å²) in [5, 5.41) is 20.3. The van der Waals surface area contributed by atoms with Gasteiger partial charge in [-0.05, 0) is 55.8 Å². The molecule has 0 bridgehead atoms. The van der Waals surface area contributed by atoms with Crippen LogP contribution in [-0.4, -0.2) is 43.9 Å². The molecule has 0 spiro atoms. The van der Waals surface area contributed by atoms with E-state index >= 15 is 0 Å². The molecule has 1 fully saturated rings. The Hall–Kier alpha value is -1.60. The van der Waals surface area contributed by atoms with Crippen LogP contribution in [0.3, 0.4) is 0 Å². The smallest absolute Gasteiger partial charge is 0.191 e. The monoisotopic (exact) mass is 435 g/mol. The van der Waals surface area contributed by atoms with E-state index in [0.29, 0.717) is 5.96 Å². The number of benzene rings is 1. The largest absolute Gasteiger partial charge is 0.383 e. The first-order valence-corrected chi connectivity index (χ1v) is 11.3. The van der Waals surface area contributed by atoms with Crippen molar-refractivity contribution in [3.8, 4) is 0 Å². The molecule has 1 aliphatic heterocycles. The number of halogens is 1. The standard InChI is InChI=1S/C22H30ClN3O2S/c1-3-24-20(25-15-21(2,27)19-8-5-13-29-19)26-16-22(9-11-28-12-10-22)17-6-4-7-18(23)14-17/h4-8,13-14,27H,3,9-12,15-16H2,1-2H3,(H2,24,25,26). The van der Waals surface area contributed by atoms with Crippen LogP contribution in [0.4, 0.5) is 0 Å². The molecular weight excluding hydrogens is 406 g/mol. The van der Waals surface area contributed by atoms with Crippen molar-refractivity contribution in [1.29, 1.82) is 0 Å². The summed E-state index contributed by atoms with van der Waals surface area (Å²) in [5.74, 6) is 0.706. The number of guanidine groups is 1. The van der Waals surface area contributed by atoms with Gasteiger partial charge in [0.05, 0.1) is 6.54 Å². The second-order valence-corrected chi connectivity index (χ2v) is 9.09. The summed E-state index contributed by atoms with van der Waals surface area (Å²) in [6.07, 6.45) is 1.85. The molecule has 7 heteroatoms. The summed E-state index contributed by atoms with van der Waals surface area (Å²) < 4.78 is 5.63. The minimum absolute atomic E-state index is 0.0599. The third-order valence-electron chi connectivity index (χ3n) is 5.42. The highest BCUT2D eigenvalue weighted by Crippen LogP contribution is 2.35. The van der Waals surface area contributed by atoms with Crippen LogP contribution in [-0.2, 0) is 15.8 Å². The number of thiophene rings is 1. The van der Waals surface area contributed by atoms with E-state index in [4.69, 9.17) is 16.3 Å². The Bertz CT molecular complexity index is 802. The van der Waals surface area contributed by atoms with E-state index in [9.17, 15) is 5.11 Å². The average Bonchev–Trinajstić information content (AvgIpc) is 3.27. The van der Waals surface area contributed by atoms with Gasteiger partial charge in [-0.15, -0.1) is 11.3 Å².